The van der Waals surface area contributed by atoms with Crippen molar-refractivity contribution in [2.75, 3.05) is 10.6 Å². The van der Waals surface area contributed by atoms with Gasteiger partial charge in [-0.1, -0.05) is 43.3 Å². The van der Waals surface area contributed by atoms with E-state index < -0.39 is 11.8 Å². The largest absolute Gasteiger partial charge is 0.325 e. The van der Waals surface area contributed by atoms with Gasteiger partial charge in [0, 0.05) is 17.7 Å². The number of thiol groups is 1. The molecule has 2 heterocycles. The van der Waals surface area contributed by atoms with E-state index in [2.05, 4.69) is 49.3 Å². The lowest BCUT2D eigenvalue weighted by molar-refractivity contribution is 0.0979. The van der Waals surface area contributed by atoms with Gasteiger partial charge in [0.25, 0.3) is 0 Å². The van der Waals surface area contributed by atoms with Crippen LogP contribution < -0.4 is 10.6 Å². The number of aromatic nitrogens is 1. The highest BCUT2D eigenvalue weighted by molar-refractivity contribution is 9.11. The number of urea groups is 1. The second-order valence-corrected chi connectivity index (χ2v) is 11.0. The average molecular weight is 512 g/mol. The molecule has 1 aromatic carbocycles. The molecule has 0 fully saturated rings. The van der Waals surface area contributed by atoms with Crippen molar-refractivity contribution in [3.63, 3.8) is 0 Å². The number of benzene rings is 1. The first kappa shape index (κ1) is 22.7. The van der Waals surface area contributed by atoms with Crippen LogP contribution in [0.25, 0.3) is 0 Å². The molecule has 0 unspecified atom stereocenters. The zero-order chi connectivity index (χ0) is 21.5. The van der Waals surface area contributed by atoms with Gasteiger partial charge in [0.2, 0.25) is 0 Å². The van der Waals surface area contributed by atoms with Gasteiger partial charge in [0.1, 0.15) is 5.82 Å². The van der Waals surface area contributed by atoms with E-state index in [1.54, 1.807) is 0 Å². The van der Waals surface area contributed by atoms with Gasteiger partial charge in [0.05, 0.1) is 15.2 Å². The summed E-state index contributed by atoms with van der Waals surface area (Å²) in [5.41, 5.74) is 1.37. The van der Waals surface area contributed by atoms with Gasteiger partial charge in [-0.2, -0.15) is 0 Å². The van der Waals surface area contributed by atoms with E-state index in [1.807, 2.05) is 12.2 Å². The molecule has 0 saturated carbocycles. The van der Waals surface area contributed by atoms with Crippen molar-refractivity contribution in [3.8, 4) is 0 Å². The number of carbonyl (C=O) groups excluding carboxylic acids is 2. The summed E-state index contributed by atoms with van der Waals surface area (Å²) < 4.78 is 14.6. The zero-order valence-electron chi connectivity index (χ0n) is 16.5. The molecule has 1 aliphatic heterocycles. The highest BCUT2D eigenvalue weighted by Crippen LogP contribution is 2.40. The number of anilines is 2. The number of hydrogen-bond acceptors (Lipinski definition) is 4. The summed E-state index contributed by atoms with van der Waals surface area (Å²) in [5.74, 6) is 0.111. The van der Waals surface area contributed by atoms with Gasteiger partial charge in [0.15, 0.2) is 10.9 Å². The number of rotatable bonds is 9. The van der Waals surface area contributed by atoms with E-state index in [4.69, 9.17) is 0 Å². The van der Waals surface area contributed by atoms with E-state index in [9.17, 15) is 14.0 Å². The molecule has 2 aromatic rings. The number of nitrogens with one attached hydrogen (secondary N) is 2. The number of ketones is 1. The third kappa shape index (κ3) is 6.26. The number of halogens is 2. The Hall–Kier alpha value is -1.97. The minimum absolute atomic E-state index is 0.183. The van der Waals surface area contributed by atoms with Crippen molar-refractivity contribution in [2.24, 2.45) is 0 Å². The zero-order valence-corrected chi connectivity index (χ0v) is 19.7. The topological polar surface area (TPSA) is 71.1 Å². The summed E-state index contributed by atoms with van der Waals surface area (Å²) in [7, 11) is -0.354. The molecule has 2 N–H and O–H groups in total. The average Bonchev–Trinajstić information content (AvgIpc) is 3.33. The van der Waals surface area contributed by atoms with Crippen LogP contribution in [-0.2, 0) is 5.75 Å². The number of carbonyl (C=O) groups is 2. The van der Waals surface area contributed by atoms with E-state index >= 15 is 0 Å². The van der Waals surface area contributed by atoms with Crippen molar-refractivity contribution in [3.05, 3.63) is 62.0 Å². The monoisotopic (exact) mass is 511 g/mol. The van der Waals surface area contributed by atoms with Crippen LogP contribution in [0.5, 0.6) is 0 Å². The first-order chi connectivity index (χ1) is 14.5. The van der Waals surface area contributed by atoms with Crippen LogP contribution in [0.15, 0.2) is 45.0 Å². The maximum absolute atomic E-state index is 13.7. The molecule has 0 atom stereocenters. The molecule has 9 heteroatoms. The molecule has 0 spiro atoms. The van der Waals surface area contributed by atoms with Crippen molar-refractivity contribution < 1.29 is 14.0 Å². The lowest BCUT2D eigenvalue weighted by atomic mass is 10.0. The number of thiazole rings is 1. The Kier molecular flexibility index (Phi) is 8.24. The third-order valence-corrected chi connectivity index (χ3v) is 7.93. The van der Waals surface area contributed by atoms with Crippen molar-refractivity contribution in [1.29, 1.82) is 0 Å². The fourth-order valence-electron chi connectivity index (χ4n) is 2.91. The Labute approximate surface area is 190 Å². The second kappa shape index (κ2) is 10.9. The van der Waals surface area contributed by atoms with Crippen LogP contribution in [0.2, 0.25) is 0 Å². The first-order valence-corrected chi connectivity index (χ1v) is 12.9. The highest BCUT2D eigenvalue weighted by atomic mass is 79.9. The first-order valence-electron chi connectivity index (χ1n) is 9.63. The summed E-state index contributed by atoms with van der Waals surface area (Å²) in [5, 5.41) is 10.1. The molecule has 1 aromatic heterocycles. The van der Waals surface area contributed by atoms with Crippen molar-refractivity contribution >= 4 is 60.8 Å². The summed E-state index contributed by atoms with van der Waals surface area (Å²) >= 11 is 4.84. The third-order valence-electron chi connectivity index (χ3n) is 4.41. The number of Topliss-reactive ketones (excluding diaryl/α,β-unsaturated/α-hetero) is 1. The molecule has 30 heavy (non-hydrogen) atoms. The molecule has 0 saturated heterocycles. The standard InChI is InChI=1S/C21H23BrFN3O2S2/c1-2-3-4-7-18(27)15-12-14(23)8-9-16(15)24-20(28)26-21-25-17(19(22)29-21)13-30-10-5-6-11-30/h5-6,8-12,30H,2-4,7,13H2,1H3,(H2,24,25,26,28). The van der Waals surface area contributed by atoms with Gasteiger partial charge in [-0.3, -0.25) is 10.1 Å². The molecular formula is C21H23BrFN3O2S2. The van der Waals surface area contributed by atoms with Crippen LogP contribution in [0.1, 0.15) is 48.7 Å². The molecule has 5 nitrogen and oxygen atoms in total. The Morgan fingerprint density at radius 2 is 1.97 bits per heavy atom. The summed E-state index contributed by atoms with van der Waals surface area (Å²) in [4.78, 5) is 29.5. The van der Waals surface area contributed by atoms with Gasteiger partial charge >= 0.3 is 6.03 Å². The Morgan fingerprint density at radius 1 is 1.20 bits per heavy atom. The number of hydrogen-bond donors (Lipinski definition) is 3. The predicted octanol–water partition coefficient (Wildman–Crippen LogP) is 6.99. The smallest absolute Gasteiger partial charge is 0.307 e. The van der Waals surface area contributed by atoms with E-state index in [-0.39, 0.29) is 27.9 Å². The van der Waals surface area contributed by atoms with Crippen LogP contribution in [-0.4, -0.2) is 16.8 Å². The van der Waals surface area contributed by atoms with Gasteiger partial charge < -0.3 is 5.32 Å². The van der Waals surface area contributed by atoms with Crippen molar-refractivity contribution in [2.45, 2.75) is 38.4 Å². The number of unbranched alkanes of at least 4 members (excludes halogenated alkanes) is 2. The lowest BCUT2D eigenvalue weighted by Gasteiger charge is -2.11. The molecule has 3 rings (SSSR count). The fraction of sp³-hybridized carbons (Fsp3) is 0.286. The van der Waals surface area contributed by atoms with Crippen LogP contribution >= 0.6 is 38.2 Å². The molecule has 2 amide bonds. The van der Waals surface area contributed by atoms with Crippen LogP contribution in [0.3, 0.4) is 0 Å². The molecule has 0 bridgehead atoms. The number of amides is 2. The quantitative estimate of drug-likeness (QED) is 0.193. The number of allylic oxidation sites excluding steroid dienone is 2. The van der Waals surface area contributed by atoms with E-state index in [0.717, 1.165) is 34.5 Å². The van der Waals surface area contributed by atoms with Crippen LogP contribution in [0, 0.1) is 5.82 Å². The maximum Gasteiger partial charge on any atom is 0.325 e. The molecule has 1 aliphatic rings. The van der Waals surface area contributed by atoms with Crippen molar-refractivity contribution in [1.82, 2.24) is 4.98 Å². The van der Waals surface area contributed by atoms with Gasteiger partial charge in [-0.25, -0.2) is 25.1 Å². The van der Waals surface area contributed by atoms with E-state index in [0.29, 0.717) is 11.6 Å². The Balaban J connectivity index is 1.65. The summed E-state index contributed by atoms with van der Waals surface area (Å²) in [6, 6.07) is 3.28. The maximum atomic E-state index is 13.7. The minimum Gasteiger partial charge on any atom is -0.307 e. The molecule has 160 valence electrons. The summed E-state index contributed by atoms with van der Waals surface area (Å²) in [6.07, 6.45) is 7.04. The Bertz CT molecular complexity index is 979. The lowest BCUT2D eigenvalue weighted by Crippen LogP contribution is -2.21. The summed E-state index contributed by atoms with van der Waals surface area (Å²) in [6.45, 7) is 2.05. The minimum atomic E-state index is -0.525. The normalized spacial score (nSPS) is 13.6. The van der Waals surface area contributed by atoms with Gasteiger partial charge in [-0.15, -0.1) is 0 Å². The van der Waals surface area contributed by atoms with E-state index in [1.165, 1.54) is 29.5 Å². The molecular weight excluding hydrogens is 489 g/mol. The molecule has 0 radical (unpaired) electrons. The highest BCUT2D eigenvalue weighted by Gasteiger charge is 2.17. The second-order valence-electron chi connectivity index (χ2n) is 6.74. The molecule has 0 aliphatic carbocycles. The number of nitrogens with zero attached hydrogens (tertiary/aromatic N) is 1. The Morgan fingerprint density at radius 3 is 2.70 bits per heavy atom. The predicted molar refractivity (Wildman–Crippen MR) is 128 cm³/mol. The fourth-order valence-corrected chi connectivity index (χ4v) is 6.15. The SMILES string of the molecule is CCCCCC(=O)c1cc(F)ccc1NC(=O)Nc1nc(C[SH]2C=CC=C2)c(Br)s1. The van der Waals surface area contributed by atoms with Crippen LogP contribution in [0.4, 0.5) is 20.0 Å². The van der Waals surface area contributed by atoms with Gasteiger partial charge in [-0.05, 0) is 51.4 Å².